The lowest BCUT2D eigenvalue weighted by atomic mass is 9.81. The van der Waals surface area contributed by atoms with E-state index in [1.807, 2.05) is 0 Å². The molecule has 118 valence electrons. The van der Waals surface area contributed by atoms with E-state index in [0.29, 0.717) is 11.5 Å². The van der Waals surface area contributed by atoms with E-state index >= 15 is 0 Å². The zero-order valence-corrected chi connectivity index (χ0v) is 13.7. The Morgan fingerprint density at radius 1 is 1.15 bits per heavy atom. The highest BCUT2D eigenvalue weighted by atomic mass is 16.5. The van der Waals surface area contributed by atoms with Gasteiger partial charge >= 0.3 is 0 Å². The van der Waals surface area contributed by atoms with Gasteiger partial charge in [-0.05, 0) is 39.4 Å². The number of nitrogens with zero attached hydrogens (tertiary/aromatic N) is 2. The smallest absolute Gasteiger partial charge is 0.0546 e. The van der Waals surface area contributed by atoms with E-state index in [9.17, 15) is 0 Å². The van der Waals surface area contributed by atoms with Crippen LogP contribution in [0.25, 0.3) is 0 Å². The second kappa shape index (κ2) is 7.74. The highest BCUT2D eigenvalue weighted by molar-refractivity contribution is 4.88. The van der Waals surface area contributed by atoms with Crippen molar-refractivity contribution in [2.45, 2.75) is 39.2 Å². The number of nitrogens with one attached hydrogen (secondary N) is 1. The number of rotatable bonds is 5. The van der Waals surface area contributed by atoms with Crippen molar-refractivity contribution in [3.63, 3.8) is 0 Å². The van der Waals surface area contributed by atoms with Crippen LogP contribution in [0.5, 0.6) is 0 Å². The van der Waals surface area contributed by atoms with Gasteiger partial charge in [0.1, 0.15) is 0 Å². The Kier molecular flexibility index (Phi) is 6.27. The number of ether oxygens (including phenoxy) is 1. The van der Waals surface area contributed by atoms with Crippen molar-refractivity contribution in [1.82, 2.24) is 15.1 Å². The predicted octanol–water partition coefficient (Wildman–Crippen LogP) is 1.42. The summed E-state index contributed by atoms with van der Waals surface area (Å²) >= 11 is 0. The fraction of sp³-hybridized carbons (Fsp3) is 1.00. The van der Waals surface area contributed by atoms with Gasteiger partial charge in [-0.3, -0.25) is 0 Å². The summed E-state index contributed by atoms with van der Waals surface area (Å²) in [4.78, 5) is 5.12. The molecule has 20 heavy (non-hydrogen) atoms. The third kappa shape index (κ3) is 4.99. The molecule has 0 aliphatic carbocycles. The SMILES string of the molecule is CC(C)NCC1(CN2CCCN(C)CC2)CCCOC1. The molecule has 0 amide bonds. The quantitative estimate of drug-likeness (QED) is 0.826. The Labute approximate surface area is 124 Å². The van der Waals surface area contributed by atoms with Gasteiger partial charge in [-0.2, -0.15) is 0 Å². The minimum atomic E-state index is 0.325. The van der Waals surface area contributed by atoms with Crippen LogP contribution in [0.4, 0.5) is 0 Å². The molecular formula is C16H33N3O. The van der Waals surface area contributed by atoms with Gasteiger partial charge in [-0.1, -0.05) is 13.8 Å². The van der Waals surface area contributed by atoms with Gasteiger partial charge in [0.05, 0.1) is 6.61 Å². The van der Waals surface area contributed by atoms with E-state index in [0.717, 1.165) is 19.8 Å². The Hall–Kier alpha value is -0.160. The molecule has 2 rings (SSSR count). The lowest BCUT2D eigenvalue weighted by Gasteiger charge is -2.41. The number of hydrogen-bond donors (Lipinski definition) is 1. The van der Waals surface area contributed by atoms with E-state index in [2.05, 4.69) is 36.0 Å². The lowest BCUT2D eigenvalue weighted by molar-refractivity contribution is -0.0264. The average Bonchev–Trinajstić information content (AvgIpc) is 2.63. The van der Waals surface area contributed by atoms with Crippen molar-refractivity contribution in [3.8, 4) is 0 Å². The maximum atomic E-state index is 5.83. The zero-order valence-electron chi connectivity index (χ0n) is 13.7. The van der Waals surface area contributed by atoms with Crippen LogP contribution < -0.4 is 5.32 Å². The summed E-state index contributed by atoms with van der Waals surface area (Å²) < 4.78 is 5.83. The van der Waals surface area contributed by atoms with E-state index < -0.39 is 0 Å². The molecule has 2 aliphatic rings. The fourth-order valence-corrected chi connectivity index (χ4v) is 3.38. The first-order valence-electron chi connectivity index (χ1n) is 8.32. The van der Waals surface area contributed by atoms with Crippen LogP contribution in [-0.2, 0) is 4.74 Å². The first kappa shape index (κ1) is 16.2. The summed E-state index contributed by atoms with van der Waals surface area (Å²) in [5.74, 6) is 0. The second-order valence-corrected chi connectivity index (χ2v) is 7.12. The van der Waals surface area contributed by atoms with Crippen molar-refractivity contribution in [3.05, 3.63) is 0 Å². The molecule has 4 heteroatoms. The number of hydrogen-bond acceptors (Lipinski definition) is 4. The lowest BCUT2D eigenvalue weighted by Crippen LogP contribution is -2.50. The largest absolute Gasteiger partial charge is 0.381 e. The van der Waals surface area contributed by atoms with Crippen LogP contribution in [0.3, 0.4) is 0 Å². The molecule has 4 nitrogen and oxygen atoms in total. The first-order chi connectivity index (χ1) is 9.60. The molecule has 0 aromatic heterocycles. The molecule has 1 N–H and O–H groups in total. The van der Waals surface area contributed by atoms with Crippen LogP contribution in [0.1, 0.15) is 33.1 Å². The molecule has 1 atom stereocenters. The maximum Gasteiger partial charge on any atom is 0.0546 e. The molecule has 2 saturated heterocycles. The molecule has 2 fully saturated rings. The Balaban J connectivity index is 1.92. The molecule has 0 bridgehead atoms. The summed E-state index contributed by atoms with van der Waals surface area (Å²) in [6.07, 6.45) is 3.82. The minimum Gasteiger partial charge on any atom is -0.381 e. The van der Waals surface area contributed by atoms with Gasteiger partial charge in [0.15, 0.2) is 0 Å². The highest BCUT2D eigenvalue weighted by Gasteiger charge is 2.35. The molecule has 0 aromatic carbocycles. The van der Waals surface area contributed by atoms with Crippen LogP contribution >= 0.6 is 0 Å². The van der Waals surface area contributed by atoms with Gasteiger partial charge < -0.3 is 19.9 Å². The first-order valence-corrected chi connectivity index (χ1v) is 8.32. The third-order valence-electron chi connectivity index (χ3n) is 4.66. The second-order valence-electron chi connectivity index (χ2n) is 7.12. The molecule has 0 radical (unpaired) electrons. The van der Waals surface area contributed by atoms with Gasteiger partial charge in [-0.25, -0.2) is 0 Å². The monoisotopic (exact) mass is 283 g/mol. The van der Waals surface area contributed by atoms with Gasteiger partial charge in [0, 0.05) is 44.2 Å². The summed E-state index contributed by atoms with van der Waals surface area (Å²) in [7, 11) is 2.24. The standard InChI is InChI=1S/C16H33N3O/c1-15(2)17-12-16(6-4-11-20-14-16)13-19-8-5-7-18(3)9-10-19/h15,17H,4-14H2,1-3H3. The molecule has 2 heterocycles. The summed E-state index contributed by atoms with van der Waals surface area (Å²) in [5, 5.41) is 3.65. The van der Waals surface area contributed by atoms with Crippen LogP contribution in [0.15, 0.2) is 0 Å². The van der Waals surface area contributed by atoms with Gasteiger partial charge in [0.25, 0.3) is 0 Å². The fourth-order valence-electron chi connectivity index (χ4n) is 3.38. The van der Waals surface area contributed by atoms with Gasteiger partial charge in [0.2, 0.25) is 0 Å². The minimum absolute atomic E-state index is 0.325. The van der Waals surface area contributed by atoms with Crippen molar-refractivity contribution in [2.75, 3.05) is 59.5 Å². The van der Waals surface area contributed by atoms with Crippen molar-refractivity contribution in [1.29, 1.82) is 0 Å². The van der Waals surface area contributed by atoms with Crippen molar-refractivity contribution >= 4 is 0 Å². The zero-order chi connectivity index (χ0) is 14.4. The Morgan fingerprint density at radius 2 is 2.00 bits per heavy atom. The molecular weight excluding hydrogens is 250 g/mol. The Bertz CT molecular complexity index is 277. The highest BCUT2D eigenvalue weighted by Crippen LogP contribution is 2.29. The normalized spacial score (nSPS) is 30.6. The van der Waals surface area contributed by atoms with Gasteiger partial charge in [-0.15, -0.1) is 0 Å². The van der Waals surface area contributed by atoms with E-state index in [-0.39, 0.29) is 0 Å². The molecule has 0 aromatic rings. The average molecular weight is 283 g/mol. The van der Waals surface area contributed by atoms with Crippen molar-refractivity contribution < 1.29 is 4.74 Å². The molecule has 0 spiro atoms. The van der Waals surface area contributed by atoms with Crippen LogP contribution in [-0.4, -0.2) is 75.4 Å². The molecule has 2 aliphatic heterocycles. The molecule has 1 unspecified atom stereocenters. The summed E-state index contributed by atoms with van der Waals surface area (Å²) in [6.45, 7) is 13.5. The van der Waals surface area contributed by atoms with E-state index in [1.165, 1.54) is 52.0 Å². The van der Waals surface area contributed by atoms with Crippen LogP contribution in [0.2, 0.25) is 0 Å². The topological polar surface area (TPSA) is 27.7 Å². The van der Waals surface area contributed by atoms with E-state index in [4.69, 9.17) is 4.74 Å². The number of likely N-dealkylation sites (N-methyl/N-ethyl adjacent to an activating group) is 1. The van der Waals surface area contributed by atoms with Crippen molar-refractivity contribution in [2.24, 2.45) is 5.41 Å². The van der Waals surface area contributed by atoms with E-state index in [1.54, 1.807) is 0 Å². The predicted molar refractivity (Wildman–Crippen MR) is 84.2 cm³/mol. The Morgan fingerprint density at radius 3 is 2.70 bits per heavy atom. The maximum absolute atomic E-state index is 5.83. The summed E-state index contributed by atoms with van der Waals surface area (Å²) in [6, 6.07) is 0.559. The van der Waals surface area contributed by atoms with Crippen LogP contribution in [0, 0.1) is 5.41 Å². The third-order valence-corrected chi connectivity index (χ3v) is 4.66. The summed E-state index contributed by atoms with van der Waals surface area (Å²) in [5.41, 5.74) is 0.325. The molecule has 0 saturated carbocycles.